The first-order valence-corrected chi connectivity index (χ1v) is 6.68. The fourth-order valence-corrected chi connectivity index (χ4v) is 3.79. The quantitative estimate of drug-likeness (QED) is 0.734. The van der Waals surface area contributed by atoms with Crippen LogP contribution in [0.25, 0.3) is 0 Å². The molecule has 1 aliphatic carbocycles. The van der Waals surface area contributed by atoms with Gasteiger partial charge in [0.1, 0.15) is 0 Å². The zero-order chi connectivity index (χ0) is 9.26. The van der Waals surface area contributed by atoms with E-state index >= 15 is 0 Å². The van der Waals surface area contributed by atoms with E-state index in [-0.39, 0.29) is 0 Å². The summed E-state index contributed by atoms with van der Waals surface area (Å²) >= 11 is 2.13. The van der Waals surface area contributed by atoms with Crippen LogP contribution in [-0.2, 0) is 0 Å². The van der Waals surface area contributed by atoms with Gasteiger partial charge in [0.05, 0.1) is 0 Å². The molecule has 1 heterocycles. The Hall–Kier alpha value is 0.310. The van der Waals surface area contributed by atoms with Gasteiger partial charge < -0.3 is 5.32 Å². The Balaban J connectivity index is 1.77. The lowest BCUT2D eigenvalue weighted by atomic mass is 10.0. The molecule has 4 unspecified atom stereocenters. The van der Waals surface area contributed by atoms with Gasteiger partial charge in [0, 0.05) is 23.1 Å². The highest BCUT2D eigenvalue weighted by Crippen LogP contribution is 2.30. The topological polar surface area (TPSA) is 12.0 Å². The van der Waals surface area contributed by atoms with Crippen LogP contribution in [0.3, 0.4) is 0 Å². The number of hydrogen-bond acceptors (Lipinski definition) is 2. The average molecular weight is 199 g/mol. The highest BCUT2D eigenvalue weighted by molar-refractivity contribution is 8.00. The molecular formula is C11H21NS. The van der Waals surface area contributed by atoms with Gasteiger partial charge in [-0.1, -0.05) is 20.3 Å². The first-order valence-electron chi connectivity index (χ1n) is 5.63. The van der Waals surface area contributed by atoms with E-state index in [2.05, 4.69) is 30.9 Å². The van der Waals surface area contributed by atoms with Gasteiger partial charge in [0.15, 0.2) is 0 Å². The van der Waals surface area contributed by atoms with E-state index in [1.807, 2.05) is 0 Å². The summed E-state index contributed by atoms with van der Waals surface area (Å²) in [6, 6.07) is 1.64. The molecule has 4 atom stereocenters. The minimum Gasteiger partial charge on any atom is -0.310 e. The summed E-state index contributed by atoms with van der Waals surface area (Å²) in [7, 11) is 0. The predicted molar refractivity (Wildman–Crippen MR) is 60.3 cm³/mol. The molecule has 0 amide bonds. The molecule has 2 fully saturated rings. The molecule has 0 aromatic heterocycles. The second-order valence-electron chi connectivity index (χ2n) is 4.76. The van der Waals surface area contributed by atoms with E-state index in [0.29, 0.717) is 0 Å². The normalized spacial score (nSPS) is 45.7. The van der Waals surface area contributed by atoms with E-state index in [1.165, 1.54) is 31.4 Å². The van der Waals surface area contributed by atoms with Crippen molar-refractivity contribution in [2.75, 3.05) is 5.75 Å². The van der Waals surface area contributed by atoms with Gasteiger partial charge in [-0.3, -0.25) is 0 Å². The molecule has 2 heteroatoms. The van der Waals surface area contributed by atoms with Crippen LogP contribution in [0.2, 0.25) is 0 Å². The molecule has 1 nitrogen and oxygen atoms in total. The van der Waals surface area contributed by atoms with E-state index < -0.39 is 0 Å². The molecule has 0 aromatic carbocycles. The molecule has 0 radical (unpaired) electrons. The Kier molecular flexibility index (Phi) is 3.20. The summed E-state index contributed by atoms with van der Waals surface area (Å²) in [5.41, 5.74) is 0. The molecule has 13 heavy (non-hydrogen) atoms. The monoisotopic (exact) mass is 199 g/mol. The highest BCUT2D eigenvalue weighted by atomic mass is 32.2. The minimum atomic E-state index is 0.811. The Morgan fingerprint density at radius 2 is 2.08 bits per heavy atom. The van der Waals surface area contributed by atoms with Crippen LogP contribution < -0.4 is 5.32 Å². The highest BCUT2D eigenvalue weighted by Gasteiger charge is 2.28. The van der Waals surface area contributed by atoms with Crippen molar-refractivity contribution in [2.45, 2.75) is 56.9 Å². The minimum absolute atomic E-state index is 0.811. The fraction of sp³-hybridized carbons (Fsp3) is 1.00. The molecule has 1 N–H and O–H groups in total. The van der Waals surface area contributed by atoms with Crippen LogP contribution >= 0.6 is 11.8 Å². The number of rotatable bonds is 2. The van der Waals surface area contributed by atoms with Crippen molar-refractivity contribution in [1.82, 2.24) is 5.32 Å². The van der Waals surface area contributed by atoms with Gasteiger partial charge in [0.25, 0.3) is 0 Å². The molecule has 2 aliphatic rings. The van der Waals surface area contributed by atoms with Crippen LogP contribution in [-0.4, -0.2) is 23.1 Å². The summed E-state index contributed by atoms with van der Waals surface area (Å²) in [6.45, 7) is 4.75. The van der Waals surface area contributed by atoms with Crippen molar-refractivity contribution in [3.8, 4) is 0 Å². The van der Waals surface area contributed by atoms with Gasteiger partial charge >= 0.3 is 0 Å². The third-order valence-corrected chi connectivity index (χ3v) is 4.87. The second kappa shape index (κ2) is 4.22. The second-order valence-corrected chi connectivity index (χ2v) is 6.23. The van der Waals surface area contributed by atoms with Crippen molar-refractivity contribution >= 4 is 11.8 Å². The average Bonchev–Trinajstić information content (AvgIpc) is 2.64. The van der Waals surface area contributed by atoms with E-state index in [1.54, 1.807) is 0 Å². The van der Waals surface area contributed by atoms with E-state index in [0.717, 1.165) is 23.3 Å². The molecule has 0 bridgehead atoms. The maximum absolute atomic E-state index is 3.84. The molecule has 1 aliphatic heterocycles. The molecule has 1 saturated carbocycles. The summed E-state index contributed by atoms with van der Waals surface area (Å²) in [5, 5.41) is 4.72. The lowest BCUT2D eigenvalue weighted by molar-refractivity contribution is 0.381. The van der Waals surface area contributed by atoms with Crippen LogP contribution in [0, 0.1) is 5.92 Å². The van der Waals surface area contributed by atoms with Gasteiger partial charge in [-0.05, 0) is 25.2 Å². The SMILES string of the molecule is CC1CC(NC2CCCC2C)CS1. The van der Waals surface area contributed by atoms with Gasteiger partial charge in [-0.25, -0.2) is 0 Å². The standard InChI is InChI=1S/C11H21NS/c1-8-4-3-5-11(8)12-10-6-9(2)13-7-10/h8-12H,3-7H2,1-2H3. The molecule has 76 valence electrons. The predicted octanol–water partition coefficient (Wildman–Crippen LogP) is 2.66. The Labute approximate surface area is 86.0 Å². The van der Waals surface area contributed by atoms with Crippen molar-refractivity contribution in [1.29, 1.82) is 0 Å². The van der Waals surface area contributed by atoms with Crippen molar-refractivity contribution in [3.63, 3.8) is 0 Å². The summed E-state index contributed by atoms with van der Waals surface area (Å²) in [4.78, 5) is 0. The van der Waals surface area contributed by atoms with E-state index in [9.17, 15) is 0 Å². The van der Waals surface area contributed by atoms with Crippen molar-refractivity contribution in [3.05, 3.63) is 0 Å². The van der Waals surface area contributed by atoms with Gasteiger partial charge in [0.2, 0.25) is 0 Å². The summed E-state index contributed by atoms with van der Waals surface area (Å²) < 4.78 is 0. The van der Waals surface area contributed by atoms with Crippen LogP contribution in [0.1, 0.15) is 39.5 Å². The van der Waals surface area contributed by atoms with Crippen LogP contribution in [0.4, 0.5) is 0 Å². The fourth-order valence-electron chi connectivity index (χ4n) is 2.63. The van der Waals surface area contributed by atoms with Crippen LogP contribution in [0.5, 0.6) is 0 Å². The number of hydrogen-bond donors (Lipinski definition) is 1. The van der Waals surface area contributed by atoms with Gasteiger partial charge in [-0.2, -0.15) is 11.8 Å². The summed E-state index contributed by atoms with van der Waals surface area (Å²) in [5.74, 6) is 2.26. The molecular weight excluding hydrogens is 178 g/mol. The Morgan fingerprint density at radius 3 is 2.62 bits per heavy atom. The Bertz CT molecular complexity index is 171. The third kappa shape index (κ3) is 2.41. The number of thioether (sulfide) groups is 1. The van der Waals surface area contributed by atoms with Crippen molar-refractivity contribution < 1.29 is 0 Å². The van der Waals surface area contributed by atoms with Crippen molar-refractivity contribution in [2.24, 2.45) is 5.92 Å². The molecule has 0 spiro atoms. The maximum atomic E-state index is 3.84. The summed E-state index contributed by atoms with van der Waals surface area (Å²) in [6.07, 6.45) is 5.67. The zero-order valence-corrected chi connectivity index (χ0v) is 9.57. The smallest absolute Gasteiger partial charge is 0.0171 e. The maximum Gasteiger partial charge on any atom is 0.0171 e. The first-order chi connectivity index (χ1) is 6.25. The molecule has 2 rings (SSSR count). The van der Waals surface area contributed by atoms with E-state index in [4.69, 9.17) is 0 Å². The first kappa shape index (κ1) is 9.85. The van der Waals surface area contributed by atoms with Crippen LogP contribution in [0.15, 0.2) is 0 Å². The number of nitrogens with one attached hydrogen (secondary N) is 1. The zero-order valence-electron chi connectivity index (χ0n) is 8.75. The van der Waals surface area contributed by atoms with Gasteiger partial charge in [-0.15, -0.1) is 0 Å². The third-order valence-electron chi connectivity index (χ3n) is 3.51. The lowest BCUT2D eigenvalue weighted by Crippen LogP contribution is -2.39. The lowest BCUT2D eigenvalue weighted by Gasteiger charge is -2.21. The molecule has 1 saturated heterocycles. The molecule has 0 aromatic rings. The largest absolute Gasteiger partial charge is 0.310 e. The Morgan fingerprint density at radius 1 is 1.23 bits per heavy atom.